The molecule has 3 nitrogen and oxygen atoms in total. The second kappa shape index (κ2) is 6.10. The van der Waals surface area contributed by atoms with E-state index >= 15 is 0 Å². The van der Waals surface area contributed by atoms with Crippen molar-refractivity contribution in [2.45, 2.75) is 45.8 Å². The van der Waals surface area contributed by atoms with Gasteiger partial charge in [0.25, 0.3) is 0 Å². The van der Waals surface area contributed by atoms with Crippen molar-refractivity contribution < 1.29 is 0 Å². The van der Waals surface area contributed by atoms with Crippen LogP contribution in [0.1, 0.15) is 45.0 Å². The number of hydrogen-bond donors (Lipinski definition) is 1. The first-order valence-corrected chi connectivity index (χ1v) is 7.67. The molecule has 1 N–H and O–H groups in total. The summed E-state index contributed by atoms with van der Waals surface area (Å²) in [4.78, 5) is 4.30. The third-order valence-corrected chi connectivity index (χ3v) is 3.79. The quantitative estimate of drug-likeness (QED) is 0.909. The molecular weight excluding hydrogens is 314 g/mol. The van der Waals surface area contributed by atoms with Gasteiger partial charge in [0, 0.05) is 22.8 Å². The first-order valence-electron chi connectivity index (χ1n) is 6.88. The highest BCUT2D eigenvalue weighted by molar-refractivity contribution is 9.10. The van der Waals surface area contributed by atoms with Crippen molar-refractivity contribution in [3.8, 4) is 0 Å². The van der Waals surface area contributed by atoms with Gasteiger partial charge in [-0.25, -0.2) is 4.98 Å². The van der Waals surface area contributed by atoms with Crippen molar-refractivity contribution in [2.75, 3.05) is 0 Å². The minimum atomic E-state index is 0.105. The monoisotopic (exact) mass is 335 g/mol. The van der Waals surface area contributed by atoms with Gasteiger partial charge in [-0.2, -0.15) is 0 Å². The SMILES string of the molecule is CC(c1cccc(Br)c1)n1cncc1CNC(C)(C)C. The lowest BCUT2D eigenvalue weighted by atomic mass is 10.1. The molecular formula is C16H22BrN3. The number of nitrogens with one attached hydrogen (secondary N) is 1. The largest absolute Gasteiger partial charge is 0.326 e. The summed E-state index contributed by atoms with van der Waals surface area (Å²) in [5.41, 5.74) is 2.58. The first-order chi connectivity index (χ1) is 9.37. The fraction of sp³-hybridized carbons (Fsp3) is 0.438. The molecule has 1 atom stereocenters. The van der Waals surface area contributed by atoms with Crippen LogP contribution in [0.2, 0.25) is 0 Å². The predicted molar refractivity (Wildman–Crippen MR) is 86.8 cm³/mol. The van der Waals surface area contributed by atoms with Crippen molar-refractivity contribution in [1.29, 1.82) is 0 Å². The Balaban J connectivity index is 2.19. The lowest BCUT2D eigenvalue weighted by Crippen LogP contribution is -2.35. The van der Waals surface area contributed by atoms with Gasteiger partial charge in [-0.1, -0.05) is 28.1 Å². The molecule has 0 spiro atoms. The molecule has 0 amide bonds. The Labute approximate surface area is 129 Å². The molecule has 20 heavy (non-hydrogen) atoms. The molecule has 0 fully saturated rings. The Morgan fingerprint density at radius 3 is 2.75 bits per heavy atom. The van der Waals surface area contributed by atoms with Crippen molar-refractivity contribution >= 4 is 15.9 Å². The van der Waals surface area contributed by atoms with E-state index in [1.165, 1.54) is 11.3 Å². The molecule has 0 aliphatic heterocycles. The lowest BCUT2D eigenvalue weighted by Gasteiger charge is -2.23. The summed E-state index contributed by atoms with van der Waals surface area (Å²) in [6, 6.07) is 8.69. The third kappa shape index (κ3) is 3.93. The number of imidazole rings is 1. The smallest absolute Gasteiger partial charge is 0.0954 e. The molecule has 0 saturated heterocycles. The molecule has 0 radical (unpaired) electrons. The van der Waals surface area contributed by atoms with E-state index in [9.17, 15) is 0 Å². The number of rotatable bonds is 4. The molecule has 0 bridgehead atoms. The van der Waals surface area contributed by atoms with Crippen LogP contribution in [0.4, 0.5) is 0 Å². The molecule has 1 aromatic carbocycles. The second-order valence-corrected chi connectivity index (χ2v) is 7.04. The maximum absolute atomic E-state index is 4.30. The van der Waals surface area contributed by atoms with Crippen LogP contribution in [0.3, 0.4) is 0 Å². The summed E-state index contributed by atoms with van der Waals surface area (Å²) in [6.45, 7) is 9.54. The van der Waals surface area contributed by atoms with Gasteiger partial charge in [-0.15, -0.1) is 0 Å². The Morgan fingerprint density at radius 1 is 1.35 bits per heavy atom. The molecule has 2 aromatic rings. The van der Waals surface area contributed by atoms with E-state index in [-0.39, 0.29) is 11.6 Å². The van der Waals surface area contributed by atoms with Crippen molar-refractivity contribution in [2.24, 2.45) is 0 Å². The van der Waals surface area contributed by atoms with E-state index in [1.54, 1.807) is 0 Å². The van der Waals surface area contributed by atoms with E-state index in [2.05, 4.69) is 76.7 Å². The molecule has 2 rings (SSSR count). The fourth-order valence-corrected chi connectivity index (χ4v) is 2.52. The molecule has 0 aliphatic rings. The Morgan fingerprint density at radius 2 is 2.10 bits per heavy atom. The summed E-state index contributed by atoms with van der Waals surface area (Å²) < 4.78 is 3.33. The third-order valence-electron chi connectivity index (χ3n) is 3.29. The van der Waals surface area contributed by atoms with Crippen LogP contribution in [0.5, 0.6) is 0 Å². The molecule has 1 aromatic heterocycles. The van der Waals surface area contributed by atoms with E-state index in [0.717, 1.165) is 11.0 Å². The summed E-state index contributed by atoms with van der Waals surface area (Å²) in [7, 11) is 0. The molecule has 0 saturated carbocycles. The van der Waals surface area contributed by atoms with E-state index in [0.29, 0.717) is 0 Å². The minimum absolute atomic E-state index is 0.105. The van der Waals surface area contributed by atoms with Crippen molar-refractivity contribution in [3.63, 3.8) is 0 Å². The maximum atomic E-state index is 4.30. The first kappa shape index (κ1) is 15.3. The van der Waals surface area contributed by atoms with Gasteiger partial charge in [0.05, 0.1) is 18.1 Å². The van der Waals surface area contributed by atoms with Gasteiger partial charge < -0.3 is 9.88 Å². The minimum Gasteiger partial charge on any atom is -0.326 e. The highest BCUT2D eigenvalue weighted by Crippen LogP contribution is 2.22. The Kier molecular flexibility index (Phi) is 4.66. The Hall–Kier alpha value is -1.13. The zero-order valence-electron chi connectivity index (χ0n) is 12.5. The summed E-state index contributed by atoms with van der Waals surface area (Å²) in [5, 5.41) is 3.51. The lowest BCUT2D eigenvalue weighted by molar-refractivity contribution is 0.413. The topological polar surface area (TPSA) is 29.9 Å². The van der Waals surface area contributed by atoms with Crippen LogP contribution in [0.25, 0.3) is 0 Å². The highest BCUT2D eigenvalue weighted by Gasteiger charge is 2.14. The maximum Gasteiger partial charge on any atom is 0.0954 e. The fourth-order valence-electron chi connectivity index (χ4n) is 2.10. The van der Waals surface area contributed by atoms with Crippen LogP contribution in [0.15, 0.2) is 41.3 Å². The van der Waals surface area contributed by atoms with Crippen LogP contribution >= 0.6 is 15.9 Å². The van der Waals surface area contributed by atoms with Gasteiger partial charge in [0.15, 0.2) is 0 Å². The molecule has 4 heteroatoms. The zero-order chi connectivity index (χ0) is 14.8. The summed E-state index contributed by atoms with van der Waals surface area (Å²) >= 11 is 3.53. The van der Waals surface area contributed by atoms with Crippen LogP contribution in [0, 0.1) is 0 Å². The van der Waals surface area contributed by atoms with Gasteiger partial charge >= 0.3 is 0 Å². The van der Waals surface area contributed by atoms with Crippen molar-refractivity contribution in [3.05, 3.63) is 52.5 Å². The van der Waals surface area contributed by atoms with E-state index in [4.69, 9.17) is 0 Å². The van der Waals surface area contributed by atoms with Gasteiger partial charge in [-0.05, 0) is 45.4 Å². The molecule has 1 heterocycles. The van der Waals surface area contributed by atoms with E-state index in [1.807, 2.05) is 18.6 Å². The van der Waals surface area contributed by atoms with Crippen LogP contribution in [-0.4, -0.2) is 15.1 Å². The van der Waals surface area contributed by atoms with Crippen LogP contribution < -0.4 is 5.32 Å². The average molecular weight is 336 g/mol. The van der Waals surface area contributed by atoms with Gasteiger partial charge in [-0.3, -0.25) is 0 Å². The Bertz CT molecular complexity index is 569. The van der Waals surface area contributed by atoms with Crippen molar-refractivity contribution in [1.82, 2.24) is 14.9 Å². The van der Waals surface area contributed by atoms with Gasteiger partial charge in [0.2, 0.25) is 0 Å². The number of benzene rings is 1. The molecule has 1 unspecified atom stereocenters. The number of aromatic nitrogens is 2. The molecule has 0 aliphatic carbocycles. The zero-order valence-corrected chi connectivity index (χ0v) is 14.1. The standard InChI is InChI=1S/C16H22BrN3/c1-12(13-6-5-7-14(17)8-13)20-11-18-9-15(20)10-19-16(2,3)4/h5-9,11-12,19H,10H2,1-4H3. The molecule has 108 valence electrons. The van der Waals surface area contributed by atoms with E-state index < -0.39 is 0 Å². The predicted octanol–water partition coefficient (Wildman–Crippen LogP) is 4.14. The number of halogens is 1. The number of nitrogens with zero attached hydrogens (tertiary/aromatic N) is 2. The number of hydrogen-bond acceptors (Lipinski definition) is 2. The average Bonchev–Trinajstić information content (AvgIpc) is 2.83. The summed E-state index contributed by atoms with van der Waals surface area (Å²) in [5.74, 6) is 0. The van der Waals surface area contributed by atoms with Crippen LogP contribution in [-0.2, 0) is 6.54 Å². The second-order valence-electron chi connectivity index (χ2n) is 6.13. The normalized spacial score (nSPS) is 13.4. The highest BCUT2D eigenvalue weighted by atomic mass is 79.9. The van der Waals surface area contributed by atoms with Gasteiger partial charge in [0.1, 0.15) is 0 Å². The summed E-state index contributed by atoms with van der Waals surface area (Å²) in [6.07, 6.45) is 3.85.